The Kier molecular flexibility index (Phi) is 6.07. The number of aryl methyl sites for hydroxylation is 3. The number of hydrogen-bond acceptors (Lipinski definition) is 6. The molecule has 0 amide bonds. The quantitative estimate of drug-likeness (QED) is 0.591. The number of ether oxygens (including phenoxy) is 2. The number of nitrogens with one attached hydrogen (secondary N) is 1. The predicted octanol–water partition coefficient (Wildman–Crippen LogP) is 4.72. The minimum Gasteiger partial charge on any atom is -0.482 e. The van der Waals surface area contributed by atoms with Crippen molar-refractivity contribution in [1.29, 1.82) is 0 Å². The maximum absolute atomic E-state index is 12.4. The molecular formula is C22H26N2O4S. The second-order valence-electron chi connectivity index (χ2n) is 7.53. The number of carbonyl (C=O) groups excluding carboxylic acids is 1. The third-order valence-corrected chi connectivity index (χ3v) is 5.99. The molecule has 0 aliphatic carbocycles. The average Bonchev–Trinajstić information content (AvgIpc) is 2.94. The minimum absolute atomic E-state index is 0.211. The normalized spacial score (nSPS) is 12.4. The Balaban J connectivity index is 1.71. The van der Waals surface area contributed by atoms with Crippen LogP contribution in [-0.2, 0) is 9.53 Å². The van der Waals surface area contributed by atoms with E-state index in [1.54, 1.807) is 6.92 Å². The lowest BCUT2D eigenvalue weighted by molar-refractivity contribution is -0.151. The van der Waals surface area contributed by atoms with Crippen molar-refractivity contribution in [2.75, 3.05) is 6.61 Å². The first kappa shape index (κ1) is 21.0. The number of aromatic nitrogens is 2. The molecule has 3 rings (SSSR count). The van der Waals surface area contributed by atoms with E-state index in [-0.39, 0.29) is 18.1 Å². The monoisotopic (exact) mass is 414 g/mol. The average molecular weight is 415 g/mol. The SMILES string of the molecule is Cc1ccc(C(C)C)c(OCC(=O)O[C@@H](C)c2nc3sc(C)c(C)c3c(=O)[nH]2)c1. The van der Waals surface area contributed by atoms with Crippen LogP contribution in [0.2, 0.25) is 0 Å². The van der Waals surface area contributed by atoms with Crippen LogP contribution in [0.15, 0.2) is 23.0 Å². The summed E-state index contributed by atoms with van der Waals surface area (Å²) in [6, 6.07) is 5.95. The topological polar surface area (TPSA) is 81.3 Å². The Hall–Kier alpha value is -2.67. The number of aromatic amines is 1. The number of fused-ring (bicyclic) bond motifs is 1. The van der Waals surface area contributed by atoms with Gasteiger partial charge in [0, 0.05) is 4.88 Å². The van der Waals surface area contributed by atoms with E-state index in [1.165, 1.54) is 11.3 Å². The maximum Gasteiger partial charge on any atom is 0.344 e. The van der Waals surface area contributed by atoms with Crippen molar-refractivity contribution in [2.45, 2.75) is 53.6 Å². The van der Waals surface area contributed by atoms with Crippen LogP contribution in [0.4, 0.5) is 0 Å². The molecule has 0 aliphatic rings. The maximum atomic E-state index is 12.4. The van der Waals surface area contributed by atoms with Gasteiger partial charge >= 0.3 is 5.97 Å². The molecule has 29 heavy (non-hydrogen) atoms. The molecule has 2 heterocycles. The van der Waals surface area contributed by atoms with E-state index >= 15 is 0 Å². The summed E-state index contributed by atoms with van der Waals surface area (Å²) in [5.41, 5.74) is 2.81. The van der Waals surface area contributed by atoms with E-state index in [9.17, 15) is 9.59 Å². The highest BCUT2D eigenvalue weighted by Gasteiger charge is 2.19. The van der Waals surface area contributed by atoms with Gasteiger partial charge < -0.3 is 14.5 Å². The second-order valence-corrected chi connectivity index (χ2v) is 8.73. The molecule has 1 aromatic carbocycles. The zero-order valence-corrected chi connectivity index (χ0v) is 18.4. The Morgan fingerprint density at radius 2 is 1.93 bits per heavy atom. The Labute approximate surface area is 173 Å². The molecular weight excluding hydrogens is 388 g/mol. The standard InChI is InChI=1S/C22H26N2O4S/c1-11(2)16-8-7-12(3)9-17(16)27-10-18(25)28-14(5)20-23-21(26)19-13(4)15(6)29-22(19)24-20/h7-9,11,14H,10H2,1-6H3,(H,23,24,26)/t14-/m0/s1. The fraction of sp³-hybridized carbons (Fsp3) is 0.409. The highest BCUT2D eigenvalue weighted by Crippen LogP contribution is 2.28. The first-order chi connectivity index (χ1) is 13.7. The summed E-state index contributed by atoms with van der Waals surface area (Å²) in [5.74, 6) is 0.770. The molecule has 1 atom stereocenters. The van der Waals surface area contributed by atoms with E-state index in [4.69, 9.17) is 9.47 Å². The molecule has 1 N–H and O–H groups in total. The van der Waals surface area contributed by atoms with E-state index in [0.29, 0.717) is 21.8 Å². The third kappa shape index (κ3) is 4.50. The molecule has 0 spiro atoms. The van der Waals surface area contributed by atoms with Gasteiger partial charge in [0.25, 0.3) is 5.56 Å². The molecule has 154 valence electrons. The van der Waals surface area contributed by atoms with E-state index in [1.807, 2.05) is 39.0 Å². The van der Waals surface area contributed by atoms with Gasteiger partial charge in [0.15, 0.2) is 18.5 Å². The lowest BCUT2D eigenvalue weighted by Gasteiger charge is -2.16. The number of carbonyl (C=O) groups is 1. The molecule has 6 nitrogen and oxygen atoms in total. The summed E-state index contributed by atoms with van der Waals surface area (Å²) in [7, 11) is 0. The van der Waals surface area contributed by atoms with Gasteiger partial charge in [-0.2, -0.15) is 0 Å². The van der Waals surface area contributed by atoms with Gasteiger partial charge in [-0.3, -0.25) is 4.79 Å². The number of esters is 1. The van der Waals surface area contributed by atoms with Crippen LogP contribution in [0.3, 0.4) is 0 Å². The van der Waals surface area contributed by atoms with Crippen LogP contribution in [0.5, 0.6) is 5.75 Å². The molecule has 0 unspecified atom stereocenters. The van der Waals surface area contributed by atoms with Gasteiger partial charge in [-0.15, -0.1) is 11.3 Å². The molecule has 0 saturated heterocycles. The number of nitrogens with zero attached hydrogens (tertiary/aromatic N) is 1. The van der Waals surface area contributed by atoms with Gasteiger partial charge in [-0.05, 0) is 56.4 Å². The van der Waals surface area contributed by atoms with Crippen molar-refractivity contribution < 1.29 is 14.3 Å². The molecule has 0 fully saturated rings. The second kappa shape index (κ2) is 8.37. The van der Waals surface area contributed by atoms with Crippen molar-refractivity contribution in [3.63, 3.8) is 0 Å². The molecule has 3 aromatic rings. The lowest BCUT2D eigenvalue weighted by atomic mass is 10.0. The minimum atomic E-state index is -0.687. The van der Waals surface area contributed by atoms with E-state index < -0.39 is 12.1 Å². The molecule has 0 radical (unpaired) electrons. The van der Waals surface area contributed by atoms with Gasteiger partial charge in [0.1, 0.15) is 10.6 Å². The molecule has 7 heteroatoms. The summed E-state index contributed by atoms with van der Waals surface area (Å²) in [4.78, 5) is 33.6. The summed E-state index contributed by atoms with van der Waals surface area (Å²) < 4.78 is 11.2. The first-order valence-electron chi connectivity index (χ1n) is 9.60. The number of thiophene rings is 1. The fourth-order valence-corrected chi connectivity index (χ4v) is 4.17. The predicted molar refractivity (Wildman–Crippen MR) is 115 cm³/mol. The molecule has 2 aromatic heterocycles. The Morgan fingerprint density at radius 1 is 1.21 bits per heavy atom. The summed E-state index contributed by atoms with van der Waals surface area (Å²) in [5, 5.41) is 0.596. The fourth-order valence-electron chi connectivity index (χ4n) is 3.13. The summed E-state index contributed by atoms with van der Waals surface area (Å²) >= 11 is 1.46. The van der Waals surface area contributed by atoms with Gasteiger partial charge in [0.2, 0.25) is 0 Å². The van der Waals surface area contributed by atoms with E-state index in [2.05, 4.69) is 23.8 Å². The van der Waals surface area contributed by atoms with Crippen LogP contribution in [0, 0.1) is 20.8 Å². The number of rotatable bonds is 6. The largest absolute Gasteiger partial charge is 0.482 e. The Bertz CT molecular complexity index is 1110. The van der Waals surface area contributed by atoms with Gasteiger partial charge in [0.05, 0.1) is 5.39 Å². The number of H-pyrrole nitrogens is 1. The zero-order chi connectivity index (χ0) is 21.3. The summed E-state index contributed by atoms with van der Waals surface area (Å²) in [6.07, 6.45) is -0.687. The van der Waals surface area contributed by atoms with Gasteiger partial charge in [-0.25, -0.2) is 9.78 Å². The number of hydrogen-bond donors (Lipinski definition) is 1. The van der Waals surface area contributed by atoms with Crippen molar-refractivity contribution >= 4 is 27.5 Å². The molecule has 0 bridgehead atoms. The highest BCUT2D eigenvalue weighted by molar-refractivity contribution is 7.18. The van der Waals surface area contributed by atoms with Crippen molar-refractivity contribution in [3.8, 4) is 5.75 Å². The van der Waals surface area contributed by atoms with Crippen LogP contribution in [-0.4, -0.2) is 22.5 Å². The Morgan fingerprint density at radius 3 is 2.62 bits per heavy atom. The number of benzene rings is 1. The van der Waals surface area contributed by atoms with Crippen molar-refractivity contribution in [1.82, 2.24) is 9.97 Å². The summed E-state index contributed by atoms with van der Waals surface area (Å²) in [6.45, 7) is 11.5. The first-order valence-corrected chi connectivity index (χ1v) is 10.4. The van der Waals surface area contributed by atoms with Crippen LogP contribution in [0.1, 0.15) is 60.2 Å². The van der Waals surface area contributed by atoms with Crippen LogP contribution < -0.4 is 10.3 Å². The highest BCUT2D eigenvalue weighted by atomic mass is 32.1. The van der Waals surface area contributed by atoms with E-state index in [0.717, 1.165) is 21.6 Å². The van der Waals surface area contributed by atoms with Crippen molar-refractivity contribution in [3.05, 3.63) is 55.9 Å². The van der Waals surface area contributed by atoms with Crippen LogP contribution >= 0.6 is 11.3 Å². The van der Waals surface area contributed by atoms with Crippen molar-refractivity contribution in [2.24, 2.45) is 0 Å². The van der Waals surface area contributed by atoms with Gasteiger partial charge in [-0.1, -0.05) is 26.0 Å². The smallest absolute Gasteiger partial charge is 0.344 e. The zero-order valence-electron chi connectivity index (χ0n) is 17.6. The van der Waals surface area contributed by atoms with Crippen LogP contribution in [0.25, 0.3) is 10.2 Å². The third-order valence-electron chi connectivity index (χ3n) is 4.89. The lowest BCUT2D eigenvalue weighted by Crippen LogP contribution is -2.20. The molecule has 0 saturated carbocycles. The molecule has 0 aliphatic heterocycles.